The Kier molecular flexibility index (Phi) is 3.42. The van der Waals surface area contributed by atoms with Gasteiger partial charge in [0.05, 0.1) is 19.1 Å². The molecule has 20 heavy (non-hydrogen) atoms. The van der Waals surface area contributed by atoms with E-state index in [0.29, 0.717) is 19.1 Å². The van der Waals surface area contributed by atoms with Gasteiger partial charge >= 0.3 is 5.97 Å². The Morgan fingerprint density at radius 2 is 2.20 bits per heavy atom. The van der Waals surface area contributed by atoms with Crippen molar-refractivity contribution >= 4 is 5.97 Å². The average Bonchev–Trinajstić information content (AvgIpc) is 3.27. The van der Waals surface area contributed by atoms with Crippen LogP contribution in [0.5, 0.6) is 5.75 Å². The Bertz CT molecular complexity index is 512. The summed E-state index contributed by atoms with van der Waals surface area (Å²) in [5.74, 6) is 1.37. The third kappa shape index (κ3) is 2.08. The van der Waals surface area contributed by atoms with Gasteiger partial charge in [0.25, 0.3) is 0 Å². The first-order chi connectivity index (χ1) is 9.71. The molecule has 1 heterocycles. The molecule has 1 saturated carbocycles. The van der Waals surface area contributed by atoms with E-state index in [4.69, 9.17) is 15.2 Å². The van der Waals surface area contributed by atoms with Crippen molar-refractivity contribution in [2.45, 2.75) is 25.2 Å². The van der Waals surface area contributed by atoms with Gasteiger partial charge < -0.3 is 15.2 Å². The van der Waals surface area contributed by atoms with Crippen molar-refractivity contribution in [2.75, 3.05) is 20.3 Å². The van der Waals surface area contributed by atoms with Gasteiger partial charge in [-0.25, -0.2) is 0 Å². The van der Waals surface area contributed by atoms with Crippen molar-refractivity contribution in [1.29, 1.82) is 0 Å². The van der Waals surface area contributed by atoms with Crippen LogP contribution in [0.1, 0.15) is 30.7 Å². The fourth-order valence-corrected chi connectivity index (χ4v) is 3.43. The largest absolute Gasteiger partial charge is 0.493 e. The molecule has 3 rings (SSSR count). The first-order valence-corrected chi connectivity index (χ1v) is 7.21. The number of hydrogen-bond donors (Lipinski definition) is 1. The molecule has 1 fully saturated rings. The highest BCUT2D eigenvalue weighted by atomic mass is 16.5. The van der Waals surface area contributed by atoms with Crippen LogP contribution in [0.25, 0.3) is 0 Å². The van der Waals surface area contributed by atoms with Gasteiger partial charge in [-0.15, -0.1) is 0 Å². The van der Waals surface area contributed by atoms with Crippen LogP contribution in [0, 0.1) is 11.3 Å². The summed E-state index contributed by atoms with van der Waals surface area (Å²) in [5.41, 5.74) is 6.63. The van der Waals surface area contributed by atoms with Crippen molar-refractivity contribution < 1.29 is 14.3 Å². The molecule has 0 bridgehead atoms. The third-order valence-corrected chi connectivity index (χ3v) is 4.72. The van der Waals surface area contributed by atoms with E-state index in [1.807, 2.05) is 18.2 Å². The third-order valence-electron chi connectivity index (χ3n) is 4.72. The van der Waals surface area contributed by atoms with Gasteiger partial charge in [-0.05, 0) is 31.2 Å². The van der Waals surface area contributed by atoms with Crippen molar-refractivity contribution in [3.05, 3.63) is 29.8 Å². The number of carbonyl (C=O) groups excluding carboxylic acids is 1. The standard InChI is InChI=1S/C16H21NO3/c1-19-15(18)16(10-17,12-6-7-12)8-11-9-20-14-5-3-2-4-13(11)14/h2-5,11-12H,6-10,17H2,1H3. The quantitative estimate of drug-likeness (QED) is 0.836. The van der Waals surface area contributed by atoms with E-state index >= 15 is 0 Å². The zero-order valence-electron chi connectivity index (χ0n) is 11.8. The van der Waals surface area contributed by atoms with Crippen LogP contribution in [0.15, 0.2) is 24.3 Å². The van der Waals surface area contributed by atoms with E-state index in [0.717, 1.165) is 25.0 Å². The summed E-state index contributed by atoms with van der Waals surface area (Å²) < 4.78 is 10.8. The maximum atomic E-state index is 12.3. The summed E-state index contributed by atoms with van der Waals surface area (Å²) >= 11 is 0. The minimum atomic E-state index is -0.541. The Morgan fingerprint density at radius 3 is 2.85 bits per heavy atom. The maximum absolute atomic E-state index is 12.3. The molecule has 108 valence electrons. The van der Waals surface area contributed by atoms with E-state index < -0.39 is 5.41 Å². The summed E-state index contributed by atoms with van der Waals surface area (Å²) in [6.07, 6.45) is 2.86. The highest BCUT2D eigenvalue weighted by Gasteiger charge is 2.52. The van der Waals surface area contributed by atoms with Gasteiger partial charge in [0.1, 0.15) is 5.75 Å². The Morgan fingerprint density at radius 1 is 1.45 bits per heavy atom. The van der Waals surface area contributed by atoms with E-state index in [1.165, 1.54) is 12.7 Å². The smallest absolute Gasteiger partial charge is 0.313 e. The lowest BCUT2D eigenvalue weighted by Gasteiger charge is -2.31. The van der Waals surface area contributed by atoms with E-state index in [-0.39, 0.29) is 11.9 Å². The minimum Gasteiger partial charge on any atom is -0.493 e. The lowest BCUT2D eigenvalue weighted by atomic mass is 9.74. The lowest BCUT2D eigenvalue weighted by molar-refractivity contribution is -0.154. The monoisotopic (exact) mass is 275 g/mol. The summed E-state index contributed by atoms with van der Waals surface area (Å²) in [6, 6.07) is 8.05. The molecule has 4 heteroatoms. The van der Waals surface area contributed by atoms with E-state index in [2.05, 4.69) is 6.07 Å². The number of para-hydroxylation sites is 1. The van der Waals surface area contributed by atoms with Gasteiger partial charge in [0, 0.05) is 18.0 Å². The second kappa shape index (κ2) is 5.09. The van der Waals surface area contributed by atoms with E-state index in [1.54, 1.807) is 0 Å². The summed E-state index contributed by atoms with van der Waals surface area (Å²) in [7, 11) is 1.45. The Balaban J connectivity index is 1.86. The summed E-state index contributed by atoms with van der Waals surface area (Å²) in [6.45, 7) is 0.980. The fraction of sp³-hybridized carbons (Fsp3) is 0.562. The molecule has 2 aliphatic rings. The highest BCUT2D eigenvalue weighted by Crippen LogP contribution is 2.52. The van der Waals surface area contributed by atoms with E-state index in [9.17, 15) is 4.79 Å². The molecule has 2 atom stereocenters. The van der Waals surface area contributed by atoms with Crippen LogP contribution in [-0.4, -0.2) is 26.2 Å². The predicted octanol–water partition coefficient (Wildman–Crippen LogP) is 2.08. The molecule has 4 nitrogen and oxygen atoms in total. The molecule has 1 aromatic carbocycles. The second-order valence-corrected chi connectivity index (χ2v) is 5.88. The number of rotatable bonds is 5. The average molecular weight is 275 g/mol. The predicted molar refractivity (Wildman–Crippen MR) is 75.5 cm³/mol. The minimum absolute atomic E-state index is 0.160. The molecular weight excluding hydrogens is 254 g/mol. The number of nitrogens with two attached hydrogens (primary N) is 1. The van der Waals surface area contributed by atoms with Crippen LogP contribution in [0.2, 0.25) is 0 Å². The Hall–Kier alpha value is -1.55. The van der Waals surface area contributed by atoms with Crippen LogP contribution in [-0.2, 0) is 9.53 Å². The number of carbonyl (C=O) groups is 1. The molecule has 2 N–H and O–H groups in total. The van der Waals surface area contributed by atoms with Crippen LogP contribution < -0.4 is 10.5 Å². The number of fused-ring (bicyclic) bond motifs is 1. The zero-order chi connectivity index (χ0) is 14.2. The summed E-state index contributed by atoms with van der Waals surface area (Å²) in [5, 5.41) is 0. The highest BCUT2D eigenvalue weighted by molar-refractivity contribution is 5.78. The molecule has 0 radical (unpaired) electrons. The summed E-state index contributed by atoms with van der Waals surface area (Å²) in [4.78, 5) is 12.3. The molecular formula is C16H21NO3. The van der Waals surface area contributed by atoms with Gasteiger partial charge in [-0.3, -0.25) is 4.79 Å². The van der Waals surface area contributed by atoms with Gasteiger partial charge in [0.15, 0.2) is 0 Å². The van der Waals surface area contributed by atoms with Gasteiger partial charge in [-0.2, -0.15) is 0 Å². The Labute approximate surface area is 119 Å². The number of ether oxygens (including phenoxy) is 2. The molecule has 0 amide bonds. The van der Waals surface area contributed by atoms with Crippen molar-refractivity contribution in [3.8, 4) is 5.75 Å². The first kappa shape index (κ1) is 13.4. The molecule has 1 aliphatic carbocycles. The van der Waals surface area contributed by atoms with Gasteiger partial charge in [0.2, 0.25) is 0 Å². The van der Waals surface area contributed by atoms with Crippen LogP contribution in [0.4, 0.5) is 0 Å². The van der Waals surface area contributed by atoms with Crippen molar-refractivity contribution in [3.63, 3.8) is 0 Å². The topological polar surface area (TPSA) is 61.5 Å². The molecule has 0 saturated heterocycles. The molecule has 0 aromatic heterocycles. The van der Waals surface area contributed by atoms with Crippen LogP contribution in [0.3, 0.4) is 0 Å². The normalized spacial score (nSPS) is 23.6. The molecule has 0 spiro atoms. The molecule has 2 unspecified atom stereocenters. The lowest BCUT2D eigenvalue weighted by Crippen LogP contribution is -2.43. The zero-order valence-corrected chi connectivity index (χ0v) is 11.8. The number of methoxy groups -OCH3 is 1. The number of esters is 1. The second-order valence-electron chi connectivity index (χ2n) is 5.88. The molecule has 1 aliphatic heterocycles. The fourth-order valence-electron chi connectivity index (χ4n) is 3.43. The number of hydrogen-bond acceptors (Lipinski definition) is 4. The maximum Gasteiger partial charge on any atom is 0.313 e. The van der Waals surface area contributed by atoms with Crippen molar-refractivity contribution in [1.82, 2.24) is 0 Å². The first-order valence-electron chi connectivity index (χ1n) is 7.21. The SMILES string of the molecule is COC(=O)C(CN)(CC1COc2ccccc21)C1CC1. The number of benzene rings is 1. The van der Waals surface area contributed by atoms with Crippen molar-refractivity contribution in [2.24, 2.45) is 17.1 Å². The van der Waals surface area contributed by atoms with Crippen LogP contribution >= 0.6 is 0 Å². The molecule has 1 aromatic rings. The van der Waals surface area contributed by atoms with Gasteiger partial charge in [-0.1, -0.05) is 18.2 Å².